The maximum Gasteiger partial charge on any atom is 0.125 e. The van der Waals surface area contributed by atoms with Crippen molar-refractivity contribution in [1.29, 1.82) is 0 Å². The highest BCUT2D eigenvalue weighted by Crippen LogP contribution is 2.43. The number of ether oxygens (including phenoxy) is 1. The van der Waals surface area contributed by atoms with Crippen LogP contribution in [0.3, 0.4) is 0 Å². The number of aliphatic hydroxyl groups is 1. The molecule has 1 aromatic rings. The highest BCUT2D eigenvalue weighted by Gasteiger charge is 2.43. The van der Waals surface area contributed by atoms with Crippen molar-refractivity contribution < 1.29 is 9.84 Å². The van der Waals surface area contributed by atoms with E-state index in [1.165, 1.54) is 0 Å². The molecule has 96 valence electrons. The summed E-state index contributed by atoms with van der Waals surface area (Å²) < 4.78 is 7.66. The Labute approximate surface area is 103 Å². The SMILES string of the molecule is CCOC1(C(O)c2c(C)cnn2C)CCCC1. The molecular formula is C13H22N2O2. The smallest absolute Gasteiger partial charge is 0.125 e. The molecule has 1 aliphatic rings. The van der Waals surface area contributed by atoms with E-state index in [0.29, 0.717) is 6.61 Å². The first kappa shape index (κ1) is 12.6. The molecule has 1 saturated carbocycles. The maximum absolute atomic E-state index is 10.7. The van der Waals surface area contributed by atoms with Gasteiger partial charge in [-0.25, -0.2) is 0 Å². The lowest BCUT2D eigenvalue weighted by Gasteiger charge is -2.34. The van der Waals surface area contributed by atoms with Gasteiger partial charge in [0.05, 0.1) is 17.5 Å². The van der Waals surface area contributed by atoms with Gasteiger partial charge in [-0.15, -0.1) is 0 Å². The minimum atomic E-state index is -0.572. The van der Waals surface area contributed by atoms with Gasteiger partial charge in [0.2, 0.25) is 0 Å². The van der Waals surface area contributed by atoms with Crippen LogP contribution in [-0.4, -0.2) is 27.1 Å². The van der Waals surface area contributed by atoms with E-state index in [4.69, 9.17) is 4.74 Å². The molecule has 0 amide bonds. The van der Waals surface area contributed by atoms with E-state index >= 15 is 0 Å². The monoisotopic (exact) mass is 238 g/mol. The Bertz CT molecular complexity index is 361. The second-order valence-electron chi connectivity index (χ2n) is 4.94. The van der Waals surface area contributed by atoms with Gasteiger partial charge in [-0.2, -0.15) is 5.10 Å². The summed E-state index contributed by atoms with van der Waals surface area (Å²) >= 11 is 0. The molecule has 1 N–H and O–H groups in total. The number of aromatic nitrogens is 2. The van der Waals surface area contributed by atoms with E-state index in [1.807, 2.05) is 20.9 Å². The molecule has 1 atom stereocenters. The van der Waals surface area contributed by atoms with Crippen molar-refractivity contribution >= 4 is 0 Å². The fraction of sp³-hybridized carbons (Fsp3) is 0.769. The Kier molecular flexibility index (Phi) is 3.54. The molecule has 0 aliphatic heterocycles. The predicted molar refractivity (Wildman–Crippen MR) is 65.7 cm³/mol. The molecule has 0 saturated heterocycles. The Morgan fingerprint density at radius 1 is 1.53 bits per heavy atom. The number of hydrogen-bond donors (Lipinski definition) is 1. The van der Waals surface area contributed by atoms with Crippen LogP contribution in [0.2, 0.25) is 0 Å². The summed E-state index contributed by atoms with van der Waals surface area (Å²) in [5.74, 6) is 0. The summed E-state index contributed by atoms with van der Waals surface area (Å²) in [6.07, 6.45) is 5.37. The normalized spacial score (nSPS) is 20.7. The van der Waals surface area contributed by atoms with Crippen molar-refractivity contribution in [2.45, 2.75) is 51.2 Å². The second kappa shape index (κ2) is 4.78. The summed E-state index contributed by atoms with van der Waals surface area (Å²) in [5, 5.41) is 14.9. The van der Waals surface area contributed by atoms with Crippen LogP contribution < -0.4 is 0 Å². The van der Waals surface area contributed by atoms with Gasteiger partial charge < -0.3 is 9.84 Å². The molecule has 0 spiro atoms. The Morgan fingerprint density at radius 3 is 2.65 bits per heavy atom. The maximum atomic E-state index is 10.7. The first-order chi connectivity index (χ1) is 8.10. The minimum absolute atomic E-state index is 0.396. The van der Waals surface area contributed by atoms with E-state index in [-0.39, 0.29) is 0 Å². The number of rotatable bonds is 4. The van der Waals surface area contributed by atoms with E-state index in [1.54, 1.807) is 10.9 Å². The number of aliphatic hydroxyl groups excluding tert-OH is 1. The van der Waals surface area contributed by atoms with Crippen LogP contribution >= 0.6 is 0 Å². The molecule has 2 rings (SSSR count). The lowest BCUT2D eigenvalue weighted by atomic mass is 9.90. The van der Waals surface area contributed by atoms with Gasteiger partial charge in [0.15, 0.2) is 0 Å². The lowest BCUT2D eigenvalue weighted by Crippen LogP contribution is -2.38. The van der Waals surface area contributed by atoms with Crippen LogP contribution in [0.4, 0.5) is 0 Å². The molecule has 0 radical (unpaired) electrons. The average molecular weight is 238 g/mol. The molecule has 1 fully saturated rings. The van der Waals surface area contributed by atoms with Crippen molar-refractivity contribution in [2.24, 2.45) is 7.05 Å². The Hall–Kier alpha value is -0.870. The summed E-state index contributed by atoms with van der Waals surface area (Å²) in [5.41, 5.74) is 1.53. The molecule has 1 heterocycles. The van der Waals surface area contributed by atoms with Crippen LogP contribution in [-0.2, 0) is 11.8 Å². The van der Waals surface area contributed by atoms with Crippen molar-refractivity contribution in [3.8, 4) is 0 Å². The topological polar surface area (TPSA) is 47.3 Å². The standard InChI is InChI=1S/C13H22N2O2/c1-4-17-13(7-5-6-8-13)12(16)11-10(2)9-14-15(11)3/h9,12,16H,4-8H2,1-3H3. The fourth-order valence-corrected chi connectivity index (χ4v) is 2.96. The average Bonchev–Trinajstić information content (AvgIpc) is 2.88. The van der Waals surface area contributed by atoms with E-state index in [9.17, 15) is 5.11 Å². The zero-order valence-corrected chi connectivity index (χ0v) is 10.9. The minimum Gasteiger partial charge on any atom is -0.384 e. The van der Waals surface area contributed by atoms with Gasteiger partial charge in [0.25, 0.3) is 0 Å². The summed E-state index contributed by atoms with van der Waals surface area (Å²) in [6, 6.07) is 0. The lowest BCUT2D eigenvalue weighted by molar-refractivity contribution is -0.121. The predicted octanol–water partition coefficient (Wildman–Crippen LogP) is 2.11. The van der Waals surface area contributed by atoms with Crippen molar-refractivity contribution in [3.63, 3.8) is 0 Å². The third-order valence-corrected chi connectivity index (χ3v) is 3.82. The fourth-order valence-electron chi connectivity index (χ4n) is 2.96. The van der Waals surface area contributed by atoms with E-state index in [2.05, 4.69) is 5.10 Å². The number of nitrogens with zero attached hydrogens (tertiary/aromatic N) is 2. The van der Waals surface area contributed by atoms with Gasteiger partial charge in [0, 0.05) is 13.7 Å². The molecule has 4 heteroatoms. The molecule has 1 aromatic heterocycles. The number of hydrogen-bond acceptors (Lipinski definition) is 3. The molecule has 4 nitrogen and oxygen atoms in total. The molecule has 1 unspecified atom stereocenters. The largest absolute Gasteiger partial charge is 0.384 e. The van der Waals surface area contributed by atoms with Crippen LogP contribution in [0.5, 0.6) is 0 Å². The van der Waals surface area contributed by atoms with Crippen LogP contribution in [0, 0.1) is 6.92 Å². The first-order valence-corrected chi connectivity index (χ1v) is 6.41. The first-order valence-electron chi connectivity index (χ1n) is 6.41. The third kappa shape index (κ3) is 2.11. The van der Waals surface area contributed by atoms with Gasteiger partial charge in [0.1, 0.15) is 6.10 Å². The number of aryl methyl sites for hydroxylation is 2. The van der Waals surface area contributed by atoms with Crippen molar-refractivity contribution in [1.82, 2.24) is 9.78 Å². The summed E-state index contributed by atoms with van der Waals surface area (Å²) in [4.78, 5) is 0. The van der Waals surface area contributed by atoms with E-state index < -0.39 is 11.7 Å². The Balaban J connectivity index is 2.31. The van der Waals surface area contributed by atoms with Crippen LogP contribution in [0.15, 0.2) is 6.20 Å². The molecule has 1 aliphatic carbocycles. The highest BCUT2D eigenvalue weighted by atomic mass is 16.5. The van der Waals surface area contributed by atoms with Crippen molar-refractivity contribution in [2.75, 3.05) is 6.61 Å². The van der Waals surface area contributed by atoms with Gasteiger partial charge >= 0.3 is 0 Å². The molecule has 0 bridgehead atoms. The zero-order valence-electron chi connectivity index (χ0n) is 10.9. The van der Waals surface area contributed by atoms with Gasteiger partial charge in [-0.05, 0) is 32.3 Å². The third-order valence-electron chi connectivity index (χ3n) is 3.82. The molecular weight excluding hydrogens is 216 g/mol. The summed E-state index contributed by atoms with van der Waals surface area (Å²) in [7, 11) is 1.88. The van der Waals surface area contributed by atoms with Gasteiger partial charge in [-0.3, -0.25) is 4.68 Å². The van der Waals surface area contributed by atoms with Gasteiger partial charge in [-0.1, -0.05) is 12.8 Å². The van der Waals surface area contributed by atoms with Crippen molar-refractivity contribution in [3.05, 3.63) is 17.5 Å². The molecule has 17 heavy (non-hydrogen) atoms. The zero-order chi connectivity index (χ0) is 12.5. The van der Waals surface area contributed by atoms with Crippen LogP contribution in [0.25, 0.3) is 0 Å². The molecule has 0 aromatic carbocycles. The quantitative estimate of drug-likeness (QED) is 0.874. The highest BCUT2D eigenvalue weighted by molar-refractivity contribution is 5.21. The van der Waals surface area contributed by atoms with Crippen LogP contribution in [0.1, 0.15) is 50.0 Å². The Morgan fingerprint density at radius 2 is 2.18 bits per heavy atom. The summed E-state index contributed by atoms with van der Waals surface area (Å²) in [6.45, 7) is 4.62. The second-order valence-corrected chi connectivity index (χ2v) is 4.94. The van der Waals surface area contributed by atoms with E-state index in [0.717, 1.165) is 36.9 Å².